The largest absolute Gasteiger partial charge is 0.383 e. The number of hydrogen-bond donors (Lipinski definition) is 1. The molecule has 1 saturated heterocycles. The van der Waals surface area contributed by atoms with Crippen molar-refractivity contribution in [1.29, 1.82) is 0 Å². The van der Waals surface area contributed by atoms with E-state index in [0.717, 1.165) is 43.8 Å². The average Bonchev–Trinajstić information content (AvgIpc) is 2.82. The van der Waals surface area contributed by atoms with Gasteiger partial charge in [-0.05, 0) is 46.2 Å². The van der Waals surface area contributed by atoms with Gasteiger partial charge in [-0.2, -0.15) is 0 Å². The molecule has 5 heteroatoms. The third-order valence-corrected chi connectivity index (χ3v) is 4.11. The highest BCUT2D eigenvalue weighted by molar-refractivity contribution is 5.34. The van der Waals surface area contributed by atoms with E-state index in [1.54, 1.807) is 7.11 Å². The van der Waals surface area contributed by atoms with Crippen LogP contribution in [0.4, 0.5) is 5.95 Å². The van der Waals surface area contributed by atoms with Crippen molar-refractivity contribution in [3.63, 3.8) is 0 Å². The van der Waals surface area contributed by atoms with E-state index in [9.17, 15) is 0 Å². The molecule has 1 atom stereocenters. The van der Waals surface area contributed by atoms with Crippen LogP contribution >= 0.6 is 0 Å². The van der Waals surface area contributed by atoms with Crippen molar-refractivity contribution in [1.82, 2.24) is 14.9 Å². The van der Waals surface area contributed by atoms with E-state index < -0.39 is 0 Å². The Hall–Kier alpha value is -1.07. The highest BCUT2D eigenvalue weighted by atomic mass is 16.5. The van der Waals surface area contributed by atoms with Gasteiger partial charge in [-0.25, -0.2) is 4.98 Å². The molecule has 1 N–H and O–H groups in total. The molecule has 1 aliphatic rings. The SMILES string of the molecule is CNCC1CCN(c2nc(C)cn2C(C)COC)CC1. The lowest BCUT2D eigenvalue weighted by Gasteiger charge is -2.33. The number of anilines is 1. The predicted molar refractivity (Wildman–Crippen MR) is 82.4 cm³/mol. The number of imidazole rings is 1. The number of nitrogens with zero attached hydrogens (tertiary/aromatic N) is 3. The van der Waals surface area contributed by atoms with Crippen molar-refractivity contribution < 1.29 is 4.74 Å². The highest BCUT2D eigenvalue weighted by Gasteiger charge is 2.23. The first-order chi connectivity index (χ1) is 9.65. The summed E-state index contributed by atoms with van der Waals surface area (Å²) in [5.74, 6) is 1.91. The first-order valence-corrected chi connectivity index (χ1v) is 7.59. The van der Waals surface area contributed by atoms with Crippen LogP contribution in [0, 0.1) is 12.8 Å². The lowest BCUT2D eigenvalue weighted by Crippen LogP contribution is -2.38. The molecule has 0 amide bonds. The van der Waals surface area contributed by atoms with E-state index in [0.29, 0.717) is 6.04 Å². The third-order valence-electron chi connectivity index (χ3n) is 4.11. The fourth-order valence-corrected chi connectivity index (χ4v) is 3.01. The van der Waals surface area contributed by atoms with E-state index in [4.69, 9.17) is 9.72 Å². The number of rotatable bonds is 6. The Kier molecular flexibility index (Phi) is 5.43. The summed E-state index contributed by atoms with van der Waals surface area (Å²) in [5.41, 5.74) is 1.08. The Morgan fingerprint density at radius 1 is 1.45 bits per heavy atom. The second-order valence-corrected chi connectivity index (χ2v) is 5.88. The molecule has 114 valence electrons. The van der Waals surface area contributed by atoms with Crippen LogP contribution in [0.5, 0.6) is 0 Å². The van der Waals surface area contributed by atoms with Crippen LogP contribution in [0.25, 0.3) is 0 Å². The van der Waals surface area contributed by atoms with Crippen LogP contribution in [0.15, 0.2) is 6.20 Å². The van der Waals surface area contributed by atoms with Gasteiger partial charge in [0.2, 0.25) is 5.95 Å². The van der Waals surface area contributed by atoms with Crippen LogP contribution in [-0.2, 0) is 4.74 Å². The number of hydrogen-bond acceptors (Lipinski definition) is 4. The molecule has 1 aliphatic heterocycles. The maximum Gasteiger partial charge on any atom is 0.206 e. The summed E-state index contributed by atoms with van der Waals surface area (Å²) in [4.78, 5) is 7.15. The Morgan fingerprint density at radius 3 is 2.75 bits per heavy atom. The first-order valence-electron chi connectivity index (χ1n) is 7.59. The molecule has 2 rings (SSSR count). The minimum absolute atomic E-state index is 0.325. The van der Waals surface area contributed by atoms with Crippen molar-refractivity contribution in [2.24, 2.45) is 5.92 Å². The molecular formula is C15H28N4O. The molecule has 0 bridgehead atoms. The van der Waals surface area contributed by atoms with Crippen LogP contribution in [0.3, 0.4) is 0 Å². The highest BCUT2D eigenvalue weighted by Crippen LogP contribution is 2.25. The number of aromatic nitrogens is 2. The zero-order valence-electron chi connectivity index (χ0n) is 13.2. The predicted octanol–water partition coefficient (Wildman–Crippen LogP) is 1.83. The lowest BCUT2D eigenvalue weighted by atomic mass is 9.97. The molecule has 0 radical (unpaired) electrons. The zero-order chi connectivity index (χ0) is 14.5. The maximum absolute atomic E-state index is 5.28. The van der Waals surface area contributed by atoms with Gasteiger partial charge in [-0.15, -0.1) is 0 Å². The van der Waals surface area contributed by atoms with Crippen molar-refractivity contribution in [3.8, 4) is 0 Å². The zero-order valence-corrected chi connectivity index (χ0v) is 13.2. The summed E-state index contributed by atoms with van der Waals surface area (Å²) in [6.07, 6.45) is 4.62. The number of ether oxygens (including phenoxy) is 1. The summed E-state index contributed by atoms with van der Waals surface area (Å²) in [6.45, 7) is 8.29. The average molecular weight is 280 g/mol. The van der Waals surface area contributed by atoms with Gasteiger partial charge in [-0.3, -0.25) is 0 Å². The fourth-order valence-electron chi connectivity index (χ4n) is 3.01. The Bertz CT molecular complexity index is 410. The Balaban J connectivity index is 2.05. The topological polar surface area (TPSA) is 42.3 Å². The second-order valence-electron chi connectivity index (χ2n) is 5.88. The van der Waals surface area contributed by atoms with E-state index in [2.05, 4.69) is 34.8 Å². The molecule has 0 saturated carbocycles. The molecule has 0 spiro atoms. The summed E-state index contributed by atoms with van der Waals surface area (Å²) in [6, 6.07) is 0.325. The molecule has 0 aliphatic carbocycles. The standard InChI is InChI=1S/C15H28N4O/c1-12-10-19(13(2)11-20-4)15(17-12)18-7-5-14(6-8-18)9-16-3/h10,13-14,16H,5-9,11H2,1-4H3. The van der Waals surface area contributed by atoms with Gasteiger partial charge in [0.15, 0.2) is 0 Å². The molecule has 20 heavy (non-hydrogen) atoms. The van der Waals surface area contributed by atoms with Gasteiger partial charge in [0.1, 0.15) is 0 Å². The lowest BCUT2D eigenvalue weighted by molar-refractivity contribution is 0.162. The Morgan fingerprint density at radius 2 is 2.15 bits per heavy atom. The maximum atomic E-state index is 5.28. The summed E-state index contributed by atoms with van der Waals surface area (Å²) < 4.78 is 7.54. The number of piperidine rings is 1. The van der Waals surface area contributed by atoms with Crippen molar-refractivity contribution in [2.75, 3.05) is 45.3 Å². The van der Waals surface area contributed by atoms with Gasteiger partial charge in [-0.1, -0.05) is 0 Å². The Labute approximate surface area is 122 Å². The summed E-state index contributed by atoms with van der Waals surface area (Å²) >= 11 is 0. The third kappa shape index (κ3) is 3.52. The molecule has 1 fully saturated rings. The van der Waals surface area contributed by atoms with E-state index in [1.165, 1.54) is 12.8 Å². The van der Waals surface area contributed by atoms with E-state index >= 15 is 0 Å². The molecule has 2 heterocycles. The minimum Gasteiger partial charge on any atom is -0.383 e. The monoisotopic (exact) mass is 280 g/mol. The molecular weight excluding hydrogens is 252 g/mol. The van der Waals surface area contributed by atoms with Gasteiger partial charge in [0, 0.05) is 26.4 Å². The van der Waals surface area contributed by atoms with Crippen LogP contribution in [0.2, 0.25) is 0 Å². The first kappa shape index (κ1) is 15.3. The van der Waals surface area contributed by atoms with Crippen molar-refractivity contribution in [2.45, 2.75) is 32.7 Å². The molecule has 1 aromatic heterocycles. The normalized spacial score (nSPS) is 18.5. The number of methoxy groups -OCH3 is 1. The van der Waals surface area contributed by atoms with Crippen molar-refractivity contribution >= 4 is 5.95 Å². The van der Waals surface area contributed by atoms with Gasteiger partial charge < -0.3 is 19.5 Å². The smallest absolute Gasteiger partial charge is 0.206 e. The van der Waals surface area contributed by atoms with Gasteiger partial charge in [0.25, 0.3) is 0 Å². The minimum atomic E-state index is 0.325. The van der Waals surface area contributed by atoms with Gasteiger partial charge >= 0.3 is 0 Å². The molecule has 1 unspecified atom stereocenters. The summed E-state index contributed by atoms with van der Waals surface area (Å²) in [5, 5.41) is 3.29. The number of aryl methyl sites for hydroxylation is 1. The van der Waals surface area contributed by atoms with Crippen LogP contribution < -0.4 is 10.2 Å². The molecule has 5 nitrogen and oxygen atoms in total. The van der Waals surface area contributed by atoms with Crippen LogP contribution in [0.1, 0.15) is 31.5 Å². The van der Waals surface area contributed by atoms with E-state index in [-0.39, 0.29) is 0 Å². The van der Waals surface area contributed by atoms with E-state index in [1.807, 2.05) is 7.05 Å². The molecule has 0 aromatic carbocycles. The second kappa shape index (κ2) is 7.09. The molecule has 1 aromatic rings. The number of nitrogens with one attached hydrogen (secondary N) is 1. The van der Waals surface area contributed by atoms with Crippen molar-refractivity contribution in [3.05, 3.63) is 11.9 Å². The van der Waals surface area contributed by atoms with Gasteiger partial charge in [0.05, 0.1) is 18.3 Å². The van der Waals surface area contributed by atoms with Crippen LogP contribution in [-0.4, -0.2) is 49.9 Å². The quantitative estimate of drug-likeness (QED) is 0.863. The fraction of sp³-hybridized carbons (Fsp3) is 0.800. The summed E-state index contributed by atoms with van der Waals surface area (Å²) in [7, 11) is 3.79.